The summed E-state index contributed by atoms with van der Waals surface area (Å²) in [7, 11) is 0. The van der Waals surface area contributed by atoms with Crippen molar-refractivity contribution in [1.29, 1.82) is 0 Å². The minimum Gasteiger partial charge on any atom is -0.487 e. The molecule has 1 aromatic heterocycles. The lowest BCUT2D eigenvalue weighted by Gasteiger charge is -2.14. The largest absolute Gasteiger partial charge is 0.487 e. The Balaban J connectivity index is 2.18. The van der Waals surface area contributed by atoms with Gasteiger partial charge in [0, 0.05) is 16.6 Å². The van der Waals surface area contributed by atoms with Gasteiger partial charge in [0.05, 0.1) is 17.5 Å². The third kappa shape index (κ3) is 3.86. The van der Waals surface area contributed by atoms with Gasteiger partial charge in [-0.3, -0.25) is 4.68 Å². The first-order valence-corrected chi connectivity index (χ1v) is 8.00. The quantitative estimate of drug-likeness (QED) is 0.858. The van der Waals surface area contributed by atoms with E-state index in [9.17, 15) is 5.11 Å². The topological polar surface area (TPSA) is 47.3 Å². The summed E-state index contributed by atoms with van der Waals surface area (Å²) in [5.41, 5.74) is 2.90. The van der Waals surface area contributed by atoms with Crippen molar-refractivity contribution < 1.29 is 9.84 Å². The van der Waals surface area contributed by atoms with Gasteiger partial charge in [-0.2, -0.15) is 5.10 Å². The molecule has 0 fully saturated rings. The zero-order valence-electron chi connectivity index (χ0n) is 12.6. The van der Waals surface area contributed by atoms with E-state index in [1.165, 1.54) is 0 Å². The lowest BCUT2D eigenvalue weighted by atomic mass is 10.1. The molecule has 1 aromatic carbocycles. The van der Waals surface area contributed by atoms with E-state index in [1.807, 2.05) is 22.9 Å². The van der Waals surface area contributed by atoms with Gasteiger partial charge in [-0.1, -0.05) is 22.9 Å². The van der Waals surface area contributed by atoms with Crippen LogP contribution in [0.4, 0.5) is 0 Å². The van der Waals surface area contributed by atoms with Crippen LogP contribution in [0.5, 0.6) is 5.75 Å². The molecule has 0 spiro atoms. The maximum atomic E-state index is 9.85. The number of nitrogens with zero attached hydrogens (tertiary/aromatic N) is 2. The van der Waals surface area contributed by atoms with Gasteiger partial charge in [-0.15, -0.1) is 0 Å². The molecule has 1 heterocycles. The molecule has 0 unspecified atom stereocenters. The number of hydrogen-bond acceptors (Lipinski definition) is 3. The van der Waals surface area contributed by atoms with Crippen LogP contribution in [0.25, 0.3) is 0 Å². The minimum absolute atomic E-state index is 0.447. The van der Waals surface area contributed by atoms with Crippen LogP contribution in [0.1, 0.15) is 43.8 Å². The molecule has 1 N–H and O–H groups in total. The summed E-state index contributed by atoms with van der Waals surface area (Å²) < 4.78 is 8.78. The Kier molecular flexibility index (Phi) is 5.42. The summed E-state index contributed by atoms with van der Waals surface area (Å²) in [6.07, 6.45) is 0.344. The third-order valence-electron chi connectivity index (χ3n) is 3.37. The van der Waals surface area contributed by atoms with Crippen molar-refractivity contribution in [2.45, 2.75) is 46.4 Å². The Morgan fingerprint density at radius 3 is 2.71 bits per heavy atom. The van der Waals surface area contributed by atoms with Crippen molar-refractivity contribution in [1.82, 2.24) is 9.78 Å². The maximum Gasteiger partial charge on any atom is 0.130 e. The van der Waals surface area contributed by atoms with E-state index < -0.39 is 6.10 Å². The lowest BCUT2D eigenvalue weighted by molar-refractivity contribution is 0.189. The molecule has 5 heteroatoms. The summed E-state index contributed by atoms with van der Waals surface area (Å²) >= 11 is 3.42. The Hall–Kier alpha value is -1.33. The number of hydrogen-bond donors (Lipinski definition) is 1. The fraction of sp³-hybridized carbons (Fsp3) is 0.438. The van der Waals surface area contributed by atoms with Gasteiger partial charge in [0.25, 0.3) is 0 Å². The number of aryl methyl sites for hydroxylation is 2. The van der Waals surface area contributed by atoms with E-state index >= 15 is 0 Å². The first-order valence-electron chi connectivity index (χ1n) is 7.21. The van der Waals surface area contributed by atoms with Crippen LogP contribution >= 0.6 is 15.9 Å². The summed E-state index contributed by atoms with van der Waals surface area (Å²) in [5.74, 6) is 0.704. The molecule has 2 aromatic rings. The van der Waals surface area contributed by atoms with Gasteiger partial charge >= 0.3 is 0 Å². The van der Waals surface area contributed by atoms with Crippen LogP contribution in [-0.4, -0.2) is 14.9 Å². The molecule has 21 heavy (non-hydrogen) atoms. The number of rotatable bonds is 6. The van der Waals surface area contributed by atoms with Crippen LogP contribution < -0.4 is 4.74 Å². The van der Waals surface area contributed by atoms with Crippen molar-refractivity contribution in [3.8, 4) is 5.75 Å². The summed E-state index contributed by atoms with van der Waals surface area (Å²) in [6, 6.07) is 7.74. The first kappa shape index (κ1) is 16.0. The lowest BCUT2D eigenvalue weighted by Crippen LogP contribution is -2.07. The fourth-order valence-corrected chi connectivity index (χ4v) is 2.59. The number of aliphatic hydroxyl groups excluding tert-OH is 1. The number of aliphatic hydroxyl groups is 1. The zero-order chi connectivity index (χ0) is 15.4. The van der Waals surface area contributed by atoms with E-state index in [0.717, 1.165) is 34.4 Å². The maximum absolute atomic E-state index is 9.85. The van der Waals surface area contributed by atoms with E-state index in [2.05, 4.69) is 40.9 Å². The highest BCUT2D eigenvalue weighted by atomic mass is 79.9. The Labute approximate surface area is 133 Å². The number of ether oxygens (including phenoxy) is 1. The number of benzene rings is 1. The number of aromatic nitrogens is 2. The molecule has 2 rings (SSSR count). The summed E-state index contributed by atoms with van der Waals surface area (Å²) in [4.78, 5) is 0. The second-order valence-electron chi connectivity index (χ2n) is 4.94. The molecule has 0 aliphatic carbocycles. The molecule has 114 valence electrons. The SMILES string of the molecule is CCc1cc(COc2ccc(Br)cc2[C@H](C)O)n(CC)n1. The van der Waals surface area contributed by atoms with Gasteiger partial charge in [0.1, 0.15) is 12.4 Å². The Morgan fingerprint density at radius 2 is 2.10 bits per heavy atom. The molecule has 0 bridgehead atoms. The van der Waals surface area contributed by atoms with Crippen LogP contribution in [0.3, 0.4) is 0 Å². The monoisotopic (exact) mass is 352 g/mol. The molecule has 1 atom stereocenters. The average Bonchev–Trinajstić information content (AvgIpc) is 2.88. The molecule has 0 radical (unpaired) electrons. The normalized spacial score (nSPS) is 12.4. The van der Waals surface area contributed by atoms with Crippen LogP contribution in [0, 0.1) is 0 Å². The van der Waals surface area contributed by atoms with Crippen molar-refractivity contribution in [2.24, 2.45) is 0 Å². The highest BCUT2D eigenvalue weighted by Gasteiger charge is 2.12. The predicted octanol–water partition coefficient (Wildman–Crippen LogP) is 3.86. The molecular weight excluding hydrogens is 332 g/mol. The van der Waals surface area contributed by atoms with Crippen molar-refractivity contribution in [3.63, 3.8) is 0 Å². The molecule has 4 nitrogen and oxygen atoms in total. The highest BCUT2D eigenvalue weighted by molar-refractivity contribution is 9.10. The summed E-state index contributed by atoms with van der Waals surface area (Å²) in [5, 5.41) is 14.4. The van der Waals surface area contributed by atoms with Crippen LogP contribution in [-0.2, 0) is 19.6 Å². The predicted molar refractivity (Wildman–Crippen MR) is 86.4 cm³/mol. The number of halogens is 1. The van der Waals surface area contributed by atoms with E-state index in [4.69, 9.17) is 4.74 Å². The van der Waals surface area contributed by atoms with Gasteiger partial charge in [-0.25, -0.2) is 0 Å². The first-order chi connectivity index (χ1) is 10.0. The average molecular weight is 353 g/mol. The second kappa shape index (κ2) is 7.09. The standard InChI is InChI=1S/C16H21BrN2O2/c1-4-13-9-14(19(5-2)18-13)10-21-16-7-6-12(17)8-15(16)11(3)20/h6-9,11,20H,4-5,10H2,1-3H3/t11-/m0/s1. The highest BCUT2D eigenvalue weighted by Crippen LogP contribution is 2.29. The van der Waals surface area contributed by atoms with E-state index in [0.29, 0.717) is 12.4 Å². The van der Waals surface area contributed by atoms with Crippen LogP contribution in [0.15, 0.2) is 28.7 Å². The summed E-state index contributed by atoms with van der Waals surface area (Å²) in [6.45, 7) is 7.16. The molecule has 0 amide bonds. The second-order valence-corrected chi connectivity index (χ2v) is 5.86. The minimum atomic E-state index is -0.570. The third-order valence-corrected chi connectivity index (χ3v) is 3.87. The smallest absolute Gasteiger partial charge is 0.130 e. The fourth-order valence-electron chi connectivity index (χ4n) is 2.21. The Bertz CT molecular complexity index is 608. The van der Waals surface area contributed by atoms with E-state index in [-0.39, 0.29) is 0 Å². The molecule has 0 saturated heterocycles. The van der Waals surface area contributed by atoms with Gasteiger partial charge in [0.15, 0.2) is 0 Å². The van der Waals surface area contributed by atoms with Gasteiger partial charge in [0.2, 0.25) is 0 Å². The molecular formula is C16H21BrN2O2. The van der Waals surface area contributed by atoms with Crippen molar-refractivity contribution in [3.05, 3.63) is 45.7 Å². The van der Waals surface area contributed by atoms with Gasteiger partial charge < -0.3 is 9.84 Å². The van der Waals surface area contributed by atoms with Crippen LogP contribution in [0.2, 0.25) is 0 Å². The van der Waals surface area contributed by atoms with E-state index in [1.54, 1.807) is 6.92 Å². The molecule has 0 saturated carbocycles. The molecule has 0 aliphatic heterocycles. The zero-order valence-corrected chi connectivity index (χ0v) is 14.2. The molecule has 0 aliphatic rings. The Morgan fingerprint density at radius 1 is 1.33 bits per heavy atom. The van der Waals surface area contributed by atoms with Crippen molar-refractivity contribution in [2.75, 3.05) is 0 Å². The van der Waals surface area contributed by atoms with Gasteiger partial charge in [-0.05, 0) is 44.5 Å². The van der Waals surface area contributed by atoms with Crippen molar-refractivity contribution >= 4 is 15.9 Å².